The SMILES string of the molecule is Cc1cc(-c2nc3ccccc3c(=O)[nH]2)ccc1OCCCN1CCCC1. The number of aryl methyl sites for hydroxylation is 1. The smallest absolute Gasteiger partial charge is 0.259 e. The summed E-state index contributed by atoms with van der Waals surface area (Å²) in [6.07, 6.45) is 3.69. The van der Waals surface area contributed by atoms with Gasteiger partial charge in [-0.2, -0.15) is 0 Å². The number of H-pyrrole nitrogens is 1. The van der Waals surface area contributed by atoms with Crippen LogP contribution in [0.3, 0.4) is 0 Å². The van der Waals surface area contributed by atoms with Crippen LogP contribution in [-0.4, -0.2) is 41.1 Å². The molecule has 1 saturated heterocycles. The van der Waals surface area contributed by atoms with Gasteiger partial charge in [-0.05, 0) is 75.2 Å². The van der Waals surface area contributed by atoms with Crippen LogP contribution in [0.15, 0.2) is 47.3 Å². The zero-order valence-electron chi connectivity index (χ0n) is 15.7. The lowest BCUT2D eigenvalue weighted by atomic mass is 10.1. The highest BCUT2D eigenvalue weighted by molar-refractivity contribution is 5.79. The molecule has 0 bridgehead atoms. The van der Waals surface area contributed by atoms with Crippen LogP contribution in [0.25, 0.3) is 22.3 Å². The second-order valence-corrected chi connectivity index (χ2v) is 7.16. The van der Waals surface area contributed by atoms with Crippen molar-refractivity contribution in [3.63, 3.8) is 0 Å². The molecule has 0 amide bonds. The average Bonchev–Trinajstić information content (AvgIpc) is 3.20. The van der Waals surface area contributed by atoms with Gasteiger partial charge in [0, 0.05) is 12.1 Å². The van der Waals surface area contributed by atoms with Gasteiger partial charge >= 0.3 is 0 Å². The highest BCUT2D eigenvalue weighted by Gasteiger charge is 2.11. The van der Waals surface area contributed by atoms with Crippen molar-refractivity contribution in [2.45, 2.75) is 26.2 Å². The first-order valence-electron chi connectivity index (χ1n) is 9.66. The third-order valence-electron chi connectivity index (χ3n) is 5.14. The third kappa shape index (κ3) is 4.03. The summed E-state index contributed by atoms with van der Waals surface area (Å²) in [5.41, 5.74) is 2.52. The van der Waals surface area contributed by atoms with Crippen molar-refractivity contribution in [2.24, 2.45) is 0 Å². The molecular weight excluding hydrogens is 338 g/mol. The molecule has 0 atom stereocenters. The van der Waals surface area contributed by atoms with E-state index in [4.69, 9.17) is 4.74 Å². The Hall–Kier alpha value is -2.66. The Kier molecular flexibility index (Phi) is 5.21. The fraction of sp³-hybridized carbons (Fsp3) is 0.364. The van der Waals surface area contributed by atoms with Crippen molar-refractivity contribution >= 4 is 10.9 Å². The van der Waals surface area contributed by atoms with E-state index in [-0.39, 0.29) is 5.56 Å². The number of nitrogens with zero attached hydrogens (tertiary/aromatic N) is 2. The summed E-state index contributed by atoms with van der Waals surface area (Å²) in [5.74, 6) is 1.48. The summed E-state index contributed by atoms with van der Waals surface area (Å²) < 4.78 is 5.96. The molecule has 4 rings (SSSR count). The molecule has 0 unspecified atom stereocenters. The largest absolute Gasteiger partial charge is 0.493 e. The van der Waals surface area contributed by atoms with Gasteiger partial charge in [-0.15, -0.1) is 0 Å². The maximum absolute atomic E-state index is 12.3. The Bertz CT molecular complexity index is 990. The minimum Gasteiger partial charge on any atom is -0.493 e. The van der Waals surface area contributed by atoms with Crippen LogP contribution in [0.4, 0.5) is 0 Å². The molecule has 5 nitrogen and oxygen atoms in total. The monoisotopic (exact) mass is 363 g/mol. The zero-order valence-corrected chi connectivity index (χ0v) is 15.7. The molecule has 2 aromatic carbocycles. The maximum Gasteiger partial charge on any atom is 0.259 e. The molecule has 5 heteroatoms. The van der Waals surface area contributed by atoms with Crippen LogP contribution >= 0.6 is 0 Å². The molecule has 1 aliphatic rings. The zero-order chi connectivity index (χ0) is 18.6. The van der Waals surface area contributed by atoms with Crippen LogP contribution < -0.4 is 10.3 Å². The lowest BCUT2D eigenvalue weighted by Gasteiger charge is -2.15. The number of benzene rings is 2. The van der Waals surface area contributed by atoms with Crippen LogP contribution in [-0.2, 0) is 0 Å². The lowest BCUT2D eigenvalue weighted by Crippen LogP contribution is -2.21. The number of para-hydroxylation sites is 1. The average molecular weight is 363 g/mol. The second kappa shape index (κ2) is 7.92. The molecule has 0 spiro atoms. The maximum atomic E-state index is 12.3. The third-order valence-corrected chi connectivity index (χ3v) is 5.14. The van der Waals surface area contributed by atoms with Crippen molar-refractivity contribution in [3.05, 3.63) is 58.4 Å². The standard InChI is InChI=1S/C22H25N3O2/c1-16-15-17(21-23-19-8-3-2-7-18(19)22(26)24-21)9-10-20(16)27-14-6-13-25-11-4-5-12-25/h2-3,7-10,15H,4-6,11-14H2,1H3,(H,23,24,26). The highest BCUT2D eigenvalue weighted by Crippen LogP contribution is 2.24. The van der Waals surface area contributed by atoms with Gasteiger partial charge in [0.05, 0.1) is 17.5 Å². The predicted octanol–water partition coefficient (Wildman–Crippen LogP) is 3.76. The fourth-order valence-corrected chi connectivity index (χ4v) is 3.66. The minimum atomic E-state index is -0.115. The molecule has 0 aliphatic carbocycles. The van der Waals surface area contributed by atoms with Crippen molar-refractivity contribution in [1.29, 1.82) is 0 Å². The van der Waals surface area contributed by atoms with Gasteiger partial charge in [-0.3, -0.25) is 4.79 Å². The molecule has 0 radical (unpaired) electrons. The number of likely N-dealkylation sites (tertiary alicyclic amines) is 1. The first kappa shape index (κ1) is 17.7. The van der Waals surface area contributed by atoms with Gasteiger partial charge in [0.2, 0.25) is 0 Å². The van der Waals surface area contributed by atoms with Crippen molar-refractivity contribution in [1.82, 2.24) is 14.9 Å². The molecule has 2 heterocycles. The first-order chi connectivity index (χ1) is 13.2. The normalized spacial score (nSPS) is 14.7. The number of ether oxygens (including phenoxy) is 1. The minimum absolute atomic E-state index is 0.115. The summed E-state index contributed by atoms with van der Waals surface area (Å²) in [6, 6.07) is 13.3. The Balaban J connectivity index is 1.46. The molecule has 27 heavy (non-hydrogen) atoms. The molecule has 140 valence electrons. The quantitative estimate of drug-likeness (QED) is 0.678. The van der Waals surface area contributed by atoms with Gasteiger partial charge < -0.3 is 14.6 Å². The van der Waals surface area contributed by atoms with Gasteiger partial charge in [0.25, 0.3) is 5.56 Å². The Labute approximate surface area is 159 Å². The van der Waals surface area contributed by atoms with Crippen LogP contribution in [0, 0.1) is 6.92 Å². The molecule has 0 saturated carbocycles. The van der Waals surface area contributed by atoms with E-state index >= 15 is 0 Å². The van der Waals surface area contributed by atoms with E-state index in [9.17, 15) is 4.79 Å². The second-order valence-electron chi connectivity index (χ2n) is 7.16. The highest BCUT2D eigenvalue weighted by atomic mass is 16.5. The van der Waals surface area contributed by atoms with E-state index in [1.807, 2.05) is 43.3 Å². The van der Waals surface area contributed by atoms with E-state index < -0.39 is 0 Å². The molecule has 3 aromatic rings. The fourth-order valence-electron chi connectivity index (χ4n) is 3.66. The van der Waals surface area contributed by atoms with Crippen molar-refractivity contribution < 1.29 is 4.74 Å². The number of aromatic nitrogens is 2. The van der Waals surface area contributed by atoms with Gasteiger partial charge in [-0.25, -0.2) is 4.98 Å². The number of hydrogen-bond donors (Lipinski definition) is 1. The molecule has 1 N–H and O–H groups in total. The Morgan fingerprint density at radius 1 is 1.15 bits per heavy atom. The van der Waals surface area contributed by atoms with Crippen molar-refractivity contribution in [3.8, 4) is 17.1 Å². The summed E-state index contributed by atoms with van der Waals surface area (Å²) in [4.78, 5) is 22.3. The number of nitrogens with one attached hydrogen (secondary N) is 1. The number of aromatic amines is 1. The van der Waals surface area contributed by atoms with Crippen LogP contribution in [0.5, 0.6) is 5.75 Å². The Morgan fingerprint density at radius 2 is 1.96 bits per heavy atom. The summed E-state index contributed by atoms with van der Waals surface area (Å²) in [5, 5.41) is 0.607. The molecule has 1 aliphatic heterocycles. The van der Waals surface area contributed by atoms with E-state index in [2.05, 4.69) is 14.9 Å². The van der Waals surface area contributed by atoms with E-state index in [0.717, 1.165) is 36.4 Å². The van der Waals surface area contributed by atoms with Gasteiger partial charge in [-0.1, -0.05) is 12.1 Å². The van der Waals surface area contributed by atoms with Crippen LogP contribution in [0.1, 0.15) is 24.8 Å². The van der Waals surface area contributed by atoms with E-state index in [1.54, 1.807) is 6.07 Å². The van der Waals surface area contributed by atoms with Gasteiger partial charge in [0.15, 0.2) is 0 Å². The first-order valence-corrected chi connectivity index (χ1v) is 9.66. The number of rotatable bonds is 6. The molecule has 1 fully saturated rings. The Morgan fingerprint density at radius 3 is 2.78 bits per heavy atom. The molecular formula is C22H25N3O2. The van der Waals surface area contributed by atoms with E-state index in [0.29, 0.717) is 16.7 Å². The lowest BCUT2D eigenvalue weighted by molar-refractivity contribution is 0.262. The predicted molar refractivity (Wildman–Crippen MR) is 108 cm³/mol. The summed E-state index contributed by atoms with van der Waals surface area (Å²) in [7, 11) is 0. The van der Waals surface area contributed by atoms with E-state index in [1.165, 1.54) is 25.9 Å². The molecule has 1 aromatic heterocycles. The number of hydrogen-bond acceptors (Lipinski definition) is 4. The van der Waals surface area contributed by atoms with Crippen molar-refractivity contribution in [2.75, 3.05) is 26.2 Å². The van der Waals surface area contributed by atoms with Gasteiger partial charge in [0.1, 0.15) is 11.6 Å². The summed E-state index contributed by atoms with van der Waals surface area (Å²) in [6.45, 7) is 6.31. The summed E-state index contributed by atoms with van der Waals surface area (Å²) >= 11 is 0. The van der Waals surface area contributed by atoms with Crippen LogP contribution in [0.2, 0.25) is 0 Å². The number of fused-ring (bicyclic) bond motifs is 1. The topological polar surface area (TPSA) is 58.2 Å².